The molecule has 0 aromatic carbocycles. The Labute approximate surface area is 770 Å². The summed E-state index contributed by atoms with van der Waals surface area (Å²) in [5, 5.41) is 18.4. The van der Waals surface area contributed by atoms with Gasteiger partial charge in [0, 0.05) is 84.2 Å². The summed E-state index contributed by atoms with van der Waals surface area (Å²) >= 11 is 10.7. The van der Waals surface area contributed by atoms with Gasteiger partial charge in [0.2, 0.25) is 11.2 Å². The molecule has 11 rings (SSSR count). The van der Waals surface area contributed by atoms with Gasteiger partial charge in [-0.05, 0) is 148 Å². The number of hydrogen-bond donors (Lipinski definition) is 2. The van der Waals surface area contributed by atoms with Crippen LogP contribution in [-0.2, 0) is 99.7 Å². The highest BCUT2D eigenvalue weighted by atomic mass is 35.5. The molecular formula is C94H146Cl2F9NO24. The molecule has 0 amide bonds. The van der Waals surface area contributed by atoms with Crippen LogP contribution in [0.25, 0.3) is 0 Å². The summed E-state index contributed by atoms with van der Waals surface area (Å²) in [6.45, 7) is 11.5. The Morgan fingerprint density at radius 3 is 1.24 bits per heavy atom. The van der Waals surface area contributed by atoms with Gasteiger partial charge < -0.3 is 42.8 Å². The van der Waals surface area contributed by atoms with E-state index in [4.69, 9.17) is 56.2 Å². The van der Waals surface area contributed by atoms with Crippen LogP contribution in [0, 0.1) is 36.5 Å². The molecule has 3 aromatic heterocycles. The lowest BCUT2D eigenvalue weighted by molar-refractivity contribution is -0.239. The molecule has 7 aliphatic carbocycles. The van der Waals surface area contributed by atoms with Crippen molar-refractivity contribution in [1.29, 1.82) is 0 Å². The number of cyclic esters (lactones) is 2. The molecule has 25 nitrogen and oxygen atoms in total. The van der Waals surface area contributed by atoms with Gasteiger partial charge in [-0.25, -0.2) is 14.4 Å². The quantitative estimate of drug-likeness (QED) is 0.0271. The van der Waals surface area contributed by atoms with Crippen molar-refractivity contribution < 1.29 is 140 Å². The monoisotopic (exact) mass is 1910 g/mol. The number of esters is 5. The van der Waals surface area contributed by atoms with Crippen molar-refractivity contribution in [2.75, 3.05) is 20.3 Å². The van der Waals surface area contributed by atoms with Gasteiger partial charge in [0.1, 0.15) is 35.9 Å². The van der Waals surface area contributed by atoms with E-state index in [-0.39, 0.29) is 164 Å². The number of carbonyl (C=O) groups excluding carboxylic acids is 11. The number of ketones is 3. The van der Waals surface area contributed by atoms with Crippen LogP contribution in [0.5, 0.6) is 0 Å². The summed E-state index contributed by atoms with van der Waals surface area (Å²) in [7, 11) is 1.32. The number of aliphatic carboxylic acids is 1. The third kappa shape index (κ3) is 51.9. The molecule has 7 saturated carbocycles. The maximum absolute atomic E-state index is 12.8. The molecule has 4 heterocycles. The first-order chi connectivity index (χ1) is 57.7. The van der Waals surface area contributed by atoms with Crippen molar-refractivity contribution in [1.82, 2.24) is 4.73 Å². The van der Waals surface area contributed by atoms with Crippen LogP contribution in [0.1, 0.15) is 388 Å². The van der Waals surface area contributed by atoms with Crippen molar-refractivity contribution in [2.45, 2.75) is 380 Å². The van der Waals surface area contributed by atoms with Crippen LogP contribution in [0.15, 0.2) is 64.7 Å². The number of aromatic nitrogens is 1. The number of carboxylic acids is 1. The third-order valence-corrected chi connectivity index (χ3v) is 21.7. The lowest BCUT2D eigenvalue weighted by Gasteiger charge is -2.33. The van der Waals surface area contributed by atoms with Crippen LogP contribution < -0.4 is 16.8 Å². The average molecular weight is 1920 g/mol. The first-order valence-corrected chi connectivity index (χ1v) is 42.6. The lowest BCUT2D eigenvalue weighted by Crippen LogP contribution is -2.50. The highest BCUT2D eigenvalue weighted by Crippen LogP contribution is 2.41. The van der Waals surface area contributed by atoms with Crippen molar-refractivity contribution in [3.63, 3.8) is 0 Å². The number of carbonyl (C=O) groups is 10. The van der Waals surface area contributed by atoms with Crippen molar-refractivity contribution >= 4 is 87.8 Å². The number of nitrogens with zero attached hydrogens (tertiary/aromatic N) is 1. The van der Waals surface area contributed by atoms with Crippen LogP contribution in [-0.4, -0.2) is 106 Å². The lowest BCUT2D eigenvalue weighted by atomic mass is 9.81. The molecule has 2 N–H and O–H groups in total. The summed E-state index contributed by atoms with van der Waals surface area (Å²) in [6.07, 6.45) is 22.2. The van der Waals surface area contributed by atoms with E-state index in [1.54, 1.807) is 20.8 Å². The highest BCUT2D eigenvalue weighted by molar-refractivity contribution is 6.64. The van der Waals surface area contributed by atoms with E-state index in [2.05, 4.69) is 14.2 Å². The topological polar surface area (TPSA) is 374 Å². The molecule has 36 heteroatoms. The summed E-state index contributed by atoms with van der Waals surface area (Å²) in [6, 6.07) is 3.33. The number of ether oxygens (including phenoxy) is 5. The van der Waals surface area contributed by atoms with Gasteiger partial charge >= 0.3 is 71.7 Å². The number of halogens is 11. The Bertz CT molecular complexity index is 4020. The largest absolute Gasteiger partial charge is 0.481 e. The molecule has 0 radical (unpaired) electrons. The molecule has 3 aromatic rings. The van der Waals surface area contributed by atoms with Crippen molar-refractivity contribution in [3.05, 3.63) is 112 Å². The molecule has 0 spiro atoms. The number of alkyl halides is 9. The summed E-state index contributed by atoms with van der Waals surface area (Å²) in [5.41, 5.74) is -5.46. The van der Waals surface area contributed by atoms with Crippen molar-refractivity contribution in [2.24, 2.45) is 29.6 Å². The maximum Gasteiger partial charge on any atom is 0.417 e. The predicted octanol–water partition coefficient (Wildman–Crippen LogP) is 24.2. The summed E-state index contributed by atoms with van der Waals surface area (Å²) in [5.74, 6) is -6.22. The molecule has 8 fully saturated rings. The zero-order valence-corrected chi connectivity index (χ0v) is 72.7. The minimum Gasteiger partial charge on any atom is -0.481 e. The van der Waals surface area contributed by atoms with E-state index in [9.17, 15) is 107 Å². The zero-order chi connectivity index (χ0) is 92.8. The van der Waals surface area contributed by atoms with E-state index in [1.807, 2.05) is 0 Å². The molecule has 0 bridgehead atoms. The van der Waals surface area contributed by atoms with Gasteiger partial charge in [0.25, 0.3) is 11.3 Å². The molecule has 0 unspecified atom stereocenters. The van der Waals surface area contributed by atoms with Crippen LogP contribution in [0.3, 0.4) is 0 Å². The number of allylic oxidation sites excluding steroid dienone is 1. The molecular weight excluding hydrogens is 1770 g/mol. The van der Waals surface area contributed by atoms with Gasteiger partial charge in [-0.1, -0.05) is 198 Å². The van der Waals surface area contributed by atoms with Crippen LogP contribution >= 0.6 is 23.2 Å². The van der Waals surface area contributed by atoms with Gasteiger partial charge in [-0.2, -0.15) is 53.8 Å². The van der Waals surface area contributed by atoms with Crippen LogP contribution in [0.4, 0.5) is 39.5 Å². The first-order valence-electron chi connectivity index (χ1n) is 41.9. The maximum atomic E-state index is 12.8. The fourth-order valence-electron chi connectivity index (χ4n) is 15.1. The third-order valence-electron chi connectivity index (χ3n) is 21.3. The van der Waals surface area contributed by atoms with Gasteiger partial charge in [0.05, 0.1) is 48.6 Å². The second-order valence-electron chi connectivity index (χ2n) is 31.4. The first kappa shape index (κ1) is 132. The standard InChI is InChI=1S/C13H15F3O2.C13H18O5.C12H14F3NO2.C12H13F3O2.C10H16O3.C7H11ClO.C7H12O2.C6H9ClO2.C6H10O3.CO2.7CH4/c1-8-10(13(14,15)16)7-11(17)18-12(8)9-5-3-2-4-6-9;1-13(2)17-11(15)9(12(16)18-13)10(14)8-6-4-3-5-7-8;13-12(14,15)9-6-10(16(18)11(17)7-9)8-4-2-1-3-5-8;13-12(14,15)9-6-10(17-11(16)7-9)8-4-2-1-3-5-8;1-13-10(12)7-9(11)8-5-3-2-4-6-8;2*8-7(9)6-4-2-1-3-5-6;2*1-3-9-6(8)4-5(2)7;2-1-3;;;;;;;/h7,9H,2-6H2,1H3;8-9H,3-7H2,1-2H3;6-8,18H,1-5H2;6-8H,1-5H2;8H,2-7H2,1H3;6H,1-5H2;6H,1-5H2,(H,8,9);4H,3H2,1-2H3;3-4H2,1-2H3;;7*1H4. The van der Waals surface area contributed by atoms with Gasteiger partial charge in [-0.3, -0.25) is 47.9 Å². The second-order valence-corrected chi connectivity index (χ2v) is 32.4. The Hall–Kier alpha value is -8.78. The number of rotatable bonds is 15. The predicted molar refractivity (Wildman–Crippen MR) is 477 cm³/mol. The molecule has 0 atom stereocenters. The van der Waals surface area contributed by atoms with E-state index in [1.165, 1.54) is 73.0 Å². The Kier molecular flexibility index (Phi) is 69.3. The van der Waals surface area contributed by atoms with E-state index < -0.39 is 93.6 Å². The van der Waals surface area contributed by atoms with E-state index in [0.717, 1.165) is 192 Å². The fourth-order valence-corrected chi connectivity index (χ4v) is 15.4. The van der Waals surface area contributed by atoms with Crippen molar-refractivity contribution in [3.8, 4) is 0 Å². The zero-order valence-electron chi connectivity index (χ0n) is 71.1. The van der Waals surface area contributed by atoms with E-state index in [0.29, 0.717) is 54.0 Å². The van der Waals surface area contributed by atoms with Crippen LogP contribution in [0.2, 0.25) is 0 Å². The summed E-state index contributed by atoms with van der Waals surface area (Å²) in [4.78, 5) is 160. The van der Waals surface area contributed by atoms with Gasteiger partial charge in [0.15, 0.2) is 5.78 Å². The normalized spacial score (nSPS) is 17.2. The molecule has 748 valence electrons. The fraction of sp³-hybridized carbons (Fsp3) is 0.702. The summed E-state index contributed by atoms with van der Waals surface area (Å²) < 4.78 is 148. The average Bonchev–Trinajstić information content (AvgIpc) is 0.810. The Morgan fingerprint density at radius 1 is 0.500 bits per heavy atom. The van der Waals surface area contributed by atoms with Gasteiger partial charge in [-0.15, -0.1) is 0 Å². The Balaban J connectivity index is -0.000000334. The molecule has 130 heavy (non-hydrogen) atoms. The number of carboxylic acid groups (broad SMARTS) is 1. The second kappa shape index (κ2) is 68.3. The number of Topliss-reactive ketones (excluding diaryl/α,β-unsaturated/α-hetero) is 3. The number of pyridine rings is 1. The van der Waals surface area contributed by atoms with E-state index >= 15 is 0 Å². The number of hydrogen-bond acceptors (Lipinski definition) is 23. The SMILES string of the molecule is C.C.C.C.C.C.C.CC1(C)OC(=O)C(C(=O)C2CCCCC2)C(=O)O1.CCOC(=O)C=C(C)Cl.CCOC(=O)CC(C)=O.COC(=O)CC(=O)C1CCCCC1.Cc1c(C(F)(F)F)cc(=O)oc1C1CCCCC1.O=C(Cl)C1CCCCC1.O=C(O)C1CCCCC1.O=C=O.O=c1cc(C(F)(F)F)cc(C2CCCCC2)n1O.O=c1cc(C(F)(F)F)cc(C2CCCCC2)o1. The number of methoxy groups -OCH3 is 1. The molecule has 8 aliphatic rings. The Morgan fingerprint density at radius 2 is 0.877 bits per heavy atom. The highest BCUT2D eigenvalue weighted by Gasteiger charge is 2.49. The molecule has 1 saturated heterocycles. The smallest absolute Gasteiger partial charge is 0.417 e. The minimum absolute atomic E-state index is 0. The minimum atomic E-state index is -4.56. The molecule has 1 aliphatic heterocycles.